The Morgan fingerprint density at radius 3 is 2.92 bits per heavy atom. The topological polar surface area (TPSA) is 54.8 Å². The van der Waals surface area contributed by atoms with Gasteiger partial charge in [0, 0.05) is 37.2 Å². The Bertz CT molecular complexity index is 804. The smallest absolute Gasteiger partial charge is 0.225 e. The van der Waals surface area contributed by atoms with E-state index in [9.17, 15) is 0 Å². The lowest BCUT2D eigenvalue weighted by Crippen LogP contribution is -2.35. The third kappa shape index (κ3) is 3.01. The van der Waals surface area contributed by atoms with Crippen LogP contribution in [0.5, 0.6) is 0 Å². The number of anilines is 1. The summed E-state index contributed by atoms with van der Waals surface area (Å²) in [5.74, 6) is 1.50. The molecule has 0 aromatic carbocycles. The van der Waals surface area contributed by atoms with Crippen LogP contribution in [-0.2, 0) is 0 Å². The number of piperidine rings is 1. The first-order valence-corrected chi connectivity index (χ1v) is 9.11. The molecule has 4 heterocycles. The van der Waals surface area contributed by atoms with Gasteiger partial charge in [-0.15, -0.1) is 11.3 Å². The molecule has 0 amide bonds. The highest BCUT2D eigenvalue weighted by molar-refractivity contribution is 7.13. The van der Waals surface area contributed by atoms with Gasteiger partial charge in [0.1, 0.15) is 0 Å². The Morgan fingerprint density at radius 2 is 2.17 bits per heavy atom. The van der Waals surface area contributed by atoms with Crippen LogP contribution in [0.1, 0.15) is 19.8 Å². The number of aromatic nitrogens is 4. The monoisotopic (exact) mass is 337 g/mol. The molecule has 3 aromatic rings. The quantitative estimate of drug-likeness (QED) is 0.725. The predicted molar refractivity (Wildman–Crippen MR) is 97.0 cm³/mol. The molecule has 0 bridgehead atoms. The first-order valence-electron chi connectivity index (χ1n) is 8.23. The van der Waals surface area contributed by atoms with Crippen LogP contribution in [-0.4, -0.2) is 33.0 Å². The second-order valence-electron chi connectivity index (χ2n) is 6.19. The Balaban J connectivity index is 1.78. The minimum atomic E-state index is 0.687. The van der Waals surface area contributed by atoms with Gasteiger partial charge >= 0.3 is 0 Å². The lowest BCUT2D eigenvalue weighted by Gasteiger charge is -2.31. The van der Waals surface area contributed by atoms with E-state index < -0.39 is 0 Å². The molecular formula is C18H19N5S. The van der Waals surface area contributed by atoms with Crippen LogP contribution in [0.25, 0.3) is 21.8 Å². The van der Waals surface area contributed by atoms with Crippen LogP contribution in [0.3, 0.4) is 0 Å². The van der Waals surface area contributed by atoms with Crippen molar-refractivity contribution in [3.63, 3.8) is 0 Å². The largest absolute Gasteiger partial charge is 0.341 e. The average molecular weight is 337 g/mol. The zero-order chi connectivity index (χ0) is 16.4. The van der Waals surface area contributed by atoms with Crippen LogP contribution < -0.4 is 4.90 Å². The SMILES string of the molecule is CC1CCCN(c2ncc(-c3cnccn3)c(-c3cccs3)n2)C1. The average Bonchev–Trinajstić information content (AvgIpc) is 3.16. The molecule has 1 atom stereocenters. The molecule has 0 N–H and O–H groups in total. The van der Waals surface area contributed by atoms with E-state index in [0.717, 1.165) is 40.9 Å². The highest BCUT2D eigenvalue weighted by atomic mass is 32.1. The normalized spacial score (nSPS) is 17.9. The zero-order valence-corrected chi connectivity index (χ0v) is 14.4. The van der Waals surface area contributed by atoms with Gasteiger partial charge in [0.15, 0.2) is 0 Å². The number of hydrogen-bond acceptors (Lipinski definition) is 6. The Labute approximate surface area is 145 Å². The van der Waals surface area contributed by atoms with E-state index in [0.29, 0.717) is 5.92 Å². The first kappa shape index (κ1) is 15.2. The van der Waals surface area contributed by atoms with Gasteiger partial charge in [-0.25, -0.2) is 9.97 Å². The summed E-state index contributed by atoms with van der Waals surface area (Å²) in [7, 11) is 0. The molecule has 1 fully saturated rings. The van der Waals surface area contributed by atoms with Crippen molar-refractivity contribution in [2.45, 2.75) is 19.8 Å². The molecule has 24 heavy (non-hydrogen) atoms. The van der Waals surface area contributed by atoms with Gasteiger partial charge in [-0.3, -0.25) is 9.97 Å². The van der Waals surface area contributed by atoms with Gasteiger partial charge in [0.05, 0.1) is 22.5 Å². The maximum atomic E-state index is 4.91. The molecule has 4 rings (SSSR count). The minimum Gasteiger partial charge on any atom is -0.341 e. The summed E-state index contributed by atoms with van der Waals surface area (Å²) in [5.41, 5.74) is 2.67. The molecule has 5 nitrogen and oxygen atoms in total. The first-order chi connectivity index (χ1) is 11.8. The molecule has 0 spiro atoms. The van der Waals surface area contributed by atoms with Crippen molar-refractivity contribution in [3.8, 4) is 21.8 Å². The van der Waals surface area contributed by atoms with Crippen molar-refractivity contribution in [3.05, 3.63) is 42.3 Å². The Kier molecular flexibility index (Phi) is 4.21. The van der Waals surface area contributed by atoms with Gasteiger partial charge in [-0.2, -0.15) is 0 Å². The van der Waals surface area contributed by atoms with Crippen LogP contribution in [0.15, 0.2) is 42.3 Å². The molecule has 6 heteroatoms. The van der Waals surface area contributed by atoms with Crippen LogP contribution in [0, 0.1) is 5.92 Å². The lowest BCUT2D eigenvalue weighted by atomic mass is 10.0. The van der Waals surface area contributed by atoms with Crippen LogP contribution in [0.2, 0.25) is 0 Å². The van der Waals surface area contributed by atoms with Gasteiger partial charge in [0.25, 0.3) is 0 Å². The molecule has 0 aliphatic carbocycles. The van der Waals surface area contributed by atoms with E-state index in [2.05, 4.69) is 38.2 Å². The molecule has 1 saturated heterocycles. The standard InChI is InChI=1S/C18H19N5S/c1-13-4-2-8-23(12-13)18-21-10-14(15-11-19-6-7-20-15)17(22-18)16-5-3-9-24-16/h3,5-7,9-11,13H,2,4,8,12H2,1H3. The summed E-state index contributed by atoms with van der Waals surface area (Å²) in [6.07, 6.45) is 9.52. The summed E-state index contributed by atoms with van der Waals surface area (Å²) in [5, 5.41) is 2.07. The maximum absolute atomic E-state index is 4.91. The highest BCUT2D eigenvalue weighted by Gasteiger charge is 2.21. The number of nitrogens with zero attached hydrogens (tertiary/aromatic N) is 5. The maximum Gasteiger partial charge on any atom is 0.225 e. The molecule has 1 unspecified atom stereocenters. The molecule has 3 aromatic heterocycles. The fraction of sp³-hybridized carbons (Fsp3) is 0.333. The van der Waals surface area contributed by atoms with Crippen molar-refractivity contribution in [1.29, 1.82) is 0 Å². The number of rotatable bonds is 3. The van der Waals surface area contributed by atoms with Gasteiger partial charge in [-0.05, 0) is 30.2 Å². The van der Waals surface area contributed by atoms with E-state index in [1.54, 1.807) is 29.9 Å². The third-order valence-corrected chi connectivity index (χ3v) is 5.19. The Hall–Kier alpha value is -2.34. The second kappa shape index (κ2) is 6.65. The van der Waals surface area contributed by atoms with Gasteiger partial charge < -0.3 is 4.90 Å². The Morgan fingerprint density at radius 1 is 1.21 bits per heavy atom. The van der Waals surface area contributed by atoms with Gasteiger partial charge in [-0.1, -0.05) is 13.0 Å². The number of thiophene rings is 1. The molecule has 0 saturated carbocycles. The molecule has 122 valence electrons. The summed E-state index contributed by atoms with van der Waals surface area (Å²) < 4.78 is 0. The van der Waals surface area contributed by atoms with E-state index in [4.69, 9.17) is 4.98 Å². The summed E-state index contributed by atoms with van der Waals surface area (Å²) in [6, 6.07) is 4.14. The van der Waals surface area contributed by atoms with Crippen molar-refractivity contribution in [2.24, 2.45) is 5.92 Å². The number of hydrogen-bond donors (Lipinski definition) is 0. The predicted octanol–water partition coefficient (Wildman–Crippen LogP) is 3.90. The summed E-state index contributed by atoms with van der Waals surface area (Å²) in [6.45, 7) is 4.34. The molecule has 0 radical (unpaired) electrons. The molecular weight excluding hydrogens is 318 g/mol. The van der Waals surface area contributed by atoms with Crippen LogP contribution in [0.4, 0.5) is 5.95 Å². The summed E-state index contributed by atoms with van der Waals surface area (Å²) in [4.78, 5) is 21.6. The van der Waals surface area contributed by atoms with E-state index in [1.165, 1.54) is 12.8 Å². The van der Waals surface area contributed by atoms with Gasteiger partial charge in [0.2, 0.25) is 5.95 Å². The fourth-order valence-corrected chi connectivity index (χ4v) is 3.85. The lowest BCUT2D eigenvalue weighted by molar-refractivity contribution is 0.442. The fourth-order valence-electron chi connectivity index (χ4n) is 3.12. The van der Waals surface area contributed by atoms with Crippen molar-refractivity contribution in [1.82, 2.24) is 19.9 Å². The molecule has 1 aliphatic rings. The second-order valence-corrected chi connectivity index (χ2v) is 7.14. The summed E-state index contributed by atoms with van der Waals surface area (Å²) >= 11 is 1.68. The van der Waals surface area contributed by atoms with Crippen molar-refractivity contribution >= 4 is 17.3 Å². The highest BCUT2D eigenvalue weighted by Crippen LogP contribution is 2.33. The van der Waals surface area contributed by atoms with Crippen LogP contribution >= 0.6 is 11.3 Å². The van der Waals surface area contributed by atoms with Crippen molar-refractivity contribution < 1.29 is 0 Å². The van der Waals surface area contributed by atoms with Crippen molar-refractivity contribution in [2.75, 3.05) is 18.0 Å². The zero-order valence-electron chi connectivity index (χ0n) is 13.6. The minimum absolute atomic E-state index is 0.687. The van der Waals surface area contributed by atoms with E-state index in [1.807, 2.05) is 12.3 Å². The van der Waals surface area contributed by atoms with E-state index in [-0.39, 0.29) is 0 Å². The third-order valence-electron chi connectivity index (χ3n) is 4.31. The van der Waals surface area contributed by atoms with E-state index >= 15 is 0 Å². The molecule has 1 aliphatic heterocycles.